The van der Waals surface area contributed by atoms with Crippen LogP contribution in [0.25, 0.3) is 0 Å². The van der Waals surface area contributed by atoms with Gasteiger partial charge in [0.25, 0.3) is 5.69 Å². The van der Waals surface area contributed by atoms with Crippen LogP contribution in [0.3, 0.4) is 0 Å². The van der Waals surface area contributed by atoms with Crippen LogP contribution in [0.5, 0.6) is 0 Å². The Labute approximate surface area is 121 Å². The monoisotopic (exact) mass is 295 g/mol. The van der Waals surface area contributed by atoms with Gasteiger partial charge in [-0.1, -0.05) is 0 Å². The van der Waals surface area contributed by atoms with E-state index < -0.39 is 16.4 Å². The Hall–Kier alpha value is -2.02. The molecule has 2 N–H and O–H groups in total. The van der Waals surface area contributed by atoms with E-state index in [-0.39, 0.29) is 11.6 Å². The molecule has 1 aliphatic heterocycles. The fourth-order valence-electron chi connectivity index (χ4n) is 2.48. The molecule has 1 amide bonds. The number of halogens is 1. The number of anilines is 1. The van der Waals surface area contributed by atoms with E-state index in [1.807, 2.05) is 0 Å². The minimum atomic E-state index is -0.705. The van der Waals surface area contributed by atoms with Crippen LogP contribution in [0.1, 0.15) is 25.7 Å². The average molecular weight is 295 g/mol. The lowest BCUT2D eigenvalue weighted by molar-refractivity contribution is -0.384. The topological polar surface area (TPSA) is 84.3 Å². The first-order valence-corrected chi connectivity index (χ1v) is 7.01. The average Bonchev–Trinajstić information content (AvgIpc) is 2.48. The van der Waals surface area contributed by atoms with Crippen molar-refractivity contribution in [2.75, 3.05) is 18.4 Å². The zero-order valence-electron chi connectivity index (χ0n) is 11.6. The number of nitrogens with one attached hydrogen (secondary N) is 2. The summed E-state index contributed by atoms with van der Waals surface area (Å²) in [5.41, 5.74) is -0.393. The predicted molar refractivity (Wildman–Crippen MR) is 76.5 cm³/mol. The number of rotatable bonds is 5. The molecule has 0 radical (unpaired) electrons. The summed E-state index contributed by atoms with van der Waals surface area (Å²) in [7, 11) is 0. The molecular weight excluding hydrogens is 277 g/mol. The molecule has 7 heteroatoms. The summed E-state index contributed by atoms with van der Waals surface area (Å²) >= 11 is 0. The molecule has 0 bridgehead atoms. The number of amides is 1. The maximum absolute atomic E-state index is 13.0. The van der Waals surface area contributed by atoms with Crippen molar-refractivity contribution in [1.29, 1.82) is 0 Å². The SMILES string of the molecule is O=C(CCC1CCCNC1)Nc1ccc(F)cc1[N+](=O)[O-]. The quantitative estimate of drug-likeness (QED) is 0.645. The van der Waals surface area contributed by atoms with Crippen molar-refractivity contribution in [2.24, 2.45) is 5.92 Å². The number of benzene rings is 1. The van der Waals surface area contributed by atoms with E-state index in [0.717, 1.165) is 44.5 Å². The molecule has 0 aromatic heterocycles. The molecule has 1 aromatic rings. The first-order valence-electron chi connectivity index (χ1n) is 7.01. The number of nitro benzene ring substituents is 1. The van der Waals surface area contributed by atoms with E-state index >= 15 is 0 Å². The number of nitro groups is 1. The molecule has 1 atom stereocenters. The van der Waals surface area contributed by atoms with Gasteiger partial charge in [0, 0.05) is 6.42 Å². The molecule has 1 heterocycles. The zero-order valence-corrected chi connectivity index (χ0v) is 11.6. The highest BCUT2D eigenvalue weighted by molar-refractivity contribution is 5.93. The van der Waals surface area contributed by atoms with E-state index in [0.29, 0.717) is 12.3 Å². The molecule has 1 aliphatic rings. The van der Waals surface area contributed by atoms with Gasteiger partial charge in [-0.3, -0.25) is 14.9 Å². The third kappa shape index (κ3) is 4.49. The third-order valence-electron chi connectivity index (χ3n) is 3.61. The summed E-state index contributed by atoms with van der Waals surface area (Å²) < 4.78 is 13.0. The standard InChI is InChI=1S/C14H18FN3O3/c15-11-4-5-12(13(8-11)18(20)21)17-14(19)6-3-10-2-1-7-16-9-10/h4-5,8,10,16H,1-3,6-7,9H2,(H,17,19). The van der Waals surface area contributed by atoms with E-state index in [9.17, 15) is 19.3 Å². The zero-order chi connectivity index (χ0) is 15.2. The highest BCUT2D eigenvalue weighted by Crippen LogP contribution is 2.25. The van der Waals surface area contributed by atoms with Crippen LogP contribution in [0.4, 0.5) is 15.8 Å². The van der Waals surface area contributed by atoms with Gasteiger partial charge in [-0.25, -0.2) is 4.39 Å². The van der Waals surface area contributed by atoms with E-state index in [2.05, 4.69) is 10.6 Å². The van der Waals surface area contributed by atoms with Gasteiger partial charge in [0.1, 0.15) is 11.5 Å². The summed E-state index contributed by atoms with van der Waals surface area (Å²) in [6.45, 7) is 1.93. The second-order valence-corrected chi connectivity index (χ2v) is 5.22. The lowest BCUT2D eigenvalue weighted by atomic mass is 9.94. The first-order chi connectivity index (χ1) is 10.1. The molecule has 6 nitrogen and oxygen atoms in total. The number of carbonyl (C=O) groups excluding carboxylic acids is 1. The molecule has 0 spiro atoms. The van der Waals surface area contributed by atoms with Gasteiger partial charge in [0.05, 0.1) is 11.0 Å². The van der Waals surface area contributed by atoms with Gasteiger partial charge >= 0.3 is 0 Å². The van der Waals surface area contributed by atoms with Crippen molar-refractivity contribution in [3.05, 3.63) is 34.1 Å². The van der Waals surface area contributed by atoms with Gasteiger partial charge in [0.15, 0.2) is 0 Å². The van der Waals surface area contributed by atoms with Crippen LogP contribution in [0.15, 0.2) is 18.2 Å². The van der Waals surface area contributed by atoms with Crippen molar-refractivity contribution >= 4 is 17.3 Å². The normalized spacial score (nSPS) is 18.2. The Balaban J connectivity index is 1.91. The lowest BCUT2D eigenvalue weighted by Crippen LogP contribution is -2.30. The third-order valence-corrected chi connectivity index (χ3v) is 3.61. The summed E-state index contributed by atoms with van der Waals surface area (Å²) in [5.74, 6) is -0.518. The summed E-state index contributed by atoms with van der Waals surface area (Å²) in [5, 5.41) is 16.6. The lowest BCUT2D eigenvalue weighted by Gasteiger charge is -2.22. The van der Waals surface area contributed by atoms with Crippen molar-refractivity contribution in [3.63, 3.8) is 0 Å². The van der Waals surface area contributed by atoms with Gasteiger partial charge < -0.3 is 10.6 Å². The number of nitrogens with zero attached hydrogens (tertiary/aromatic N) is 1. The molecular formula is C14H18FN3O3. The first kappa shape index (κ1) is 15.4. The molecule has 21 heavy (non-hydrogen) atoms. The van der Waals surface area contributed by atoms with Crippen LogP contribution in [-0.2, 0) is 4.79 Å². The number of piperidine rings is 1. The van der Waals surface area contributed by atoms with E-state index in [1.54, 1.807) is 0 Å². The molecule has 1 saturated heterocycles. The fourth-order valence-corrected chi connectivity index (χ4v) is 2.48. The molecule has 2 rings (SSSR count). The van der Waals surface area contributed by atoms with Crippen molar-refractivity contribution in [3.8, 4) is 0 Å². The van der Waals surface area contributed by atoms with Gasteiger partial charge in [-0.2, -0.15) is 0 Å². The Bertz CT molecular complexity index is 530. The number of hydrogen-bond donors (Lipinski definition) is 2. The maximum atomic E-state index is 13.0. The maximum Gasteiger partial charge on any atom is 0.295 e. The molecule has 114 valence electrons. The van der Waals surface area contributed by atoms with Crippen LogP contribution in [0, 0.1) is 21.8 Å². The smallest absolute Gasteiger partial charge is 0.295 e. The largest absolute Gasteiger partial charge is 0.320 e. The highest BCUT2D eigenvalue weighted by Gasteiger charge is 2.18. The Morgan fingerprint density at radius 2 is 2.33 bits per heavy atom. The Morgan fingerprint density at radius 3 is 3.00 bits per heavy atom. The van der Waals surface area contributed by atoms with Crippen LogP contribution in [-0.4, -0.2) is 23.9 Å². The van der Waals surface area contributed by atoms with Crippen molar-refractivity contribution in [1.82, 2.24) is 5.32 Å². The van der Waals surface area contributed by atoms with E-state index in [1.165, 1.54) is 6.07 Å². The molecule has 0 aliphatic carbocycles. The predicted octanol–water partition coefficient (Wildman–Crippen LogP) is 2.45. The Morgan fingerprint density at radius 1 is 1.52 bits per heavy atom. The van der Waals surface area contributed by atoms with Crippen molar-refractivity contribution in [2.45, 2.75) is 25.7 Å². The summed E-state index contributed by atoms with van der Waals surface area (Å²) in [4.78, 5) is 22.0. The number of hydrogen-bond acceptors (Lipinski definition) is 4. The van der Waals surface area contributed by atoms with Crippen LogP contribution < -0.4 is 10.6 Å². The number of carbonyl (C=O) groups is 1. The van der Waals surface area contributed by atoms with Gasteiger partial charge in [-0.15, -0.1) is 0 Å². The summed E-state index contributed by atoms with van der Waals surface area (Å²) in [6, 6.07) is 3.11. The van der Waals surface area contributed by atoms with E-state index in [4.69, 9.17) is 0 Å². The van der Waals surface area contributed by atoms with Gasteiger partial charge in [0.2, 0.25) is 5.91 Å². The van der Waals surface area contributed by atoms with Crippen LogP contribution >= 0.6 is 0 Å². The highest BCUT2D eigenvalue weighted by atomic mass is 19.1. The molecule has 1 unspecified atom stereocenters. The van der Waals surface area contributed by atoms with Crippen LogP contribution in [0.2, 0.25) is 0 Å². The second-order valence-electron chi connectivity index (χ2n) is 5.22. The van der Waals surface area contributed by atoms with Gasteiger partial charge in [-0.05, 0) is 50.4 Å². The molecule has 0 saturated carbocycles. The van der Waals surface area contributed by atoms with Crippen molar-refractivity contribution < 1.29 is 14.1 Å². The Kier molecular flexibility index (Phi) is 5.21. The minimum absolute atomic E-state index is 0.0353. The molecule has 1 aromatic carbocycles. The second kappa shape index (κ2) is 7.12. The minimum Gasteiger partial charge on any atom is -0.320 e. The molecule has 1 fully saturated rings. The fraction of sp³-hybridized carbons (Fsp3) is 0.500. The summed E-state index contributed by atoms with van der Waals surface area (Å²) in [6.07, 6.45) is 3.25.